The number of anilines is 2. The van der Waals surface area contributed by atoms with Gasteiger partial charge < -0.3 is 5.32 Å². The fourth-order valence-electron chi connectivity index (χ4n) is 2.74. The Bertz CT molecular complexity index is 1010. The van der Waals surface area contributed by atoms with E-state index in [4.69, 9.17) is 0 Å². The zero-order valence-electron chi connectivity index (χ0n) is 14.5. The van der Waals surface area contributed by atoms with E-state index >= 15 is 0 Å². The van der Waals surface area contributed by atoms with Crippen LogP contribution in [-0.4, -0.2) is 15.6 Å². The van der Waals surface area contributed by atoms with Crippen LogP contribution < -0.4 is 10.9 Å². The number of halogens is 1. The van der Waals surface area contributed by atoms with Crippen LogP contribution in [0.1, 0.15) is 29.8 Å². The number of rotatable bonds is 5. The summed E-state index contributed by atoms with van der Waals surface area (Å²) in [6.07, 6.45) is 2.17. The molecule has 1 N–H and O–H groups in total. The molecule has 0 saturated carbocycles. The Labute approximate surface area is 150 Å². The first-order chi connectivity index (χ1) is 12.5. The summed E-state index contributed by atoms with van der Waals surface area (Å²) in [5, 5.41) is 7.27. The molecule has 1 aromatic heterocycles. The molecule has 0 bridgehead atoms. The number of Topliss-reactive ketones (excluding diaryl/α,β-unsaturated/α-hetero) is 1. The quantitative estimate of drug-likeness (QED) is 0.709. The number of carbonyl (C=O) groups is 1. The molecule has 6 heteroatoms. The lowest BCUT2D eigenvalue weighted by Gasteiger charge is -2.16. The predicted molar refractivity (Wildman–Crippen MR) is 98.9 cm³/mol. The standard InChI is InChI=1S/C20H18FN3O2/c1-3-14-11-18(23-16-8-6-15(21)7-9-16)17(13(2)25)12-19(14)24-20(26)5-4-10-22-24/h4-12,23H,3H2,1-2H3. The Morgan fingerprint density at radius 2 is 1.92 bits per heavy atom. The molecular weight excluding hydrogens is 333 g/mol. The van der Waals surface area contributed by atoms with Crippen molar-refractivity contribution in [2.45, 2.75) is 20.3 Å². The van der Waals surface area contributed by atoms with Crippen molar-refractivity contribution in [3.05, 3.63) is 82.0 Å². The third-order valence-corrected chi connectivity index (χ3v) is 4.05. The molecule has 0 radical (unpaired) electrons. The zero-order chi connectivity index (χ0) is 18.7. The van der Waals surface area contributed by atoms with Crippen LogP contribution in [0.25, 0.3) is 5.69 Å². The van der Waals surface area contributed by atoms with Crippen molar-refractivity contribution in [1.82, 2.24) is 9.78 Å². The van der Waals surface area contributed by atoms with E-state index in [0.717, 1.165) is 5.56 Å². The molecule has 0 atom stereocenters. The van der Waals surface area contributed by atoms with Gasteiger partial charge in [0.05, 0.1) is 5.69 Å². The number of nitrogens with one attached hydrogen (secondary N) is 1. The van der Waals surface area contributed by atoms with Gasteiger partial charge >= 0.3 is 0 Å². The van der Waals surface area contributed by atoms with Crippen molar-refractivity contribution in [3.63, 3.8) is 0 Å². The summed E-state index contributed by atoms with van der Waals surface area (Å²) < 4.78 is 14.4. The Morgan fingerprint density at radius 3 is 2.54 bits per heavy atom. The minimum absolute atomic E-state index is 0.150. The number of nitrogens with zero attached hydrogens (tertiary/aromatic N) is 2. The van der Waals surface area contributed by atoms with Crippen LogP contribution in [-0.2, 0) is 6.42 Å². The summed E-state index contributed by atoms with van der Waals surface area (Å²) in [7, 11) is 0. The molecule has 3 rings (SSSR count). The maximum Gasteiger partial charge on any atom is 0.271 e. The summed E-state index contributed by atoms with van der Waals surface area (Å²) in [6.45, 7) is 3.42. The number of ketones is 1. The Kier molecular flexibility index (Phi) is 4.93. The molecule has 0 amide bonds. The van der Waals surface area contributed by atoms with Crippen molar-refractivity contribution in [2.75, 3.05) is 5.32 Å². The van der Waals surface area contributed by atoms with E-state index in [1.54, 1.807) is 24.3 Å². The van der Waals surface area contributed by atoms with Crippen LogP contribution in [0.2, 0.25) is 0 Å². The summed E-state index contributed by atoms with van der Waals surface area (Å²) in [4.78, 5) is 24.3. The minimum atomic E-state index is -0.332. The lowest BCUT2D eigenvalue weighted by molar-refractivity contribution is 0.101. The molecule has 26 heavy (non-hydrogen) atoms. The third kappa shape index (κ3) is 3.54. The van der Waals surface area contributed by atoms with Crippen LogP contribution in [0.15, 0.2) is 59.5 Å². The van der Waals surface area contributed by atoms with Gasteiger partial charge in [0, 0.05) is 29.2 Å². The van der Waals surface area contributed by atoms with Crippen LogP contribution in [0, 0.1) is 5.82 Å². The van der Waals surface area contributed by atoms with Crippen LogP contribution in [0.5, 0.6) is 0 Å². The molecule has 0 unspecified atom stereocenters. The average Bonchev–Trinajstić information content (AvgIpc) is 2.63. The molecule has 0 aliphatic carbocycles. The highest BCUT2D eigenvalue weighted by atomic mass is 19.1. The SMILES string of the molecule is CCc1cc(Nc2ccc(F)cc2)c(C(C)=O)cc1-n1ncccc1=O. The summed E-state index contributed by atoms with van der Waals surface area (Å²) in [5.74, 6) is -0.482. The van der Waals surface area contributed by atoms with E-state index < -0.39 is 0 Å². The zero-order valence-corrected chi connectivity index (χ0v) is 14.5. The Morgan fingerprint density at radius 1 is 1.19 bits per heavy atom. The normalized spacial score (nSPS) is 10.6. The number of hydrogen-bond donors (Lipinski definition) is 1. The average molecular weight is 351 g/mol. The smallest absolute Gasteiger partial charge is 0.271 e. The van der Waals surface area contributed by atoms with E-state index in [9.17, 15) is 14.0 Å². The lowest BCUT2D eigenvalue weighted by atomic mass is 10.0. The highest BCUT2D eigenvalue weighted by Crippen LogP contribution is 2.27. The van der Waals surface area contributed by atoms with Crippen molar-refractivity contribution < 1.29 is 9.18 Å². The highest BCUT2D eigenvalue weighted by molar-refractivity contribution is 6.01. The molecule has 0 spiro atoms. The molecular formula is C20H18FN3O2. The first-order valence-electron chi connectivity index (χ1n) is 8.24. The third-order valence-electron chi connectivity index (χ3n) is 4.05. The molecule has 0 fully saturated rings. The summed E-state index contributed by atoms with van der Waals surface area (Å²) in [5.41, 5.74) is 2.87. The molecule has 0 saturated heterocycles. The Balaban J connectivity index is 2.14. The molecule has 132 valence electrons. The second kappa shape index (κ2) is 7.31. The van der Waals surface area contributed by atoms with Gasteiger partial charge in [-0.3, -0.25) is 9.59 Å². The number of hydrogen-bond acceptors (Lipinski definition) is 4. The maximum atomic E-state index is 13.1. The molecule has 5 nitrogen and oxygen atoms in total. The number of aryl methyl sites for hydroxylation is 1. The lowest BCUT2D eigenvalue weighted by Crippen LogP contribution is -2.21. The second-order valence-corrected chi connectivity index (χ2v) is 5.84. The van der Waals surface area contributed by atoms with Crippen molar-refractivity contribution in [3.8, 4) is 5.69 Å². The Hall–Kier alpha value is -3.28. The summed E-state index contributed by atoms with van der Waals surface area (Å²) in [6, 6.07) is 12.4. The number of benzene rings is 2. The minimum Gasteiger partial charge on any atom is -0.355 e. The largest absolute Gasteiger partial charge is 0.355 e. The molecule has 2 aromatic carbocycles. The van der Waals surface area contributed by atoms with Gasteiger partial charge in [0.2, 0.25) is 0 Å². The van der Waals surface area contributed by atoms with E-state index in [-0.39, 0.29) is 17.2 Å². The van der Waals surface area contributed by atoms with E-state index in [2.05, 4.69) is 10.4 Å². The molecule has 3 aromatic rings. The van der Waals surface area contributed by atoms with Gasteiger partial charge in [-0.15, -0.1) is 0 Å². The van der Waals surface area contributed by atoms with Crippen LogP contribution in [0.4, 0.5) is 15.8 Å². The molecule has 1 heterocycles. The van der Waals surface area contributed by atoms with Crippen LogP contribution >= 0.6 is 0 Å². The van der Waals surface area contributed by atoms with Gasteiger partial charge in [0.25, 0.3) is 5.56 Å². The highest BCUT2D eigenvalue weighted by Gasteiger charge is 2.15. The second-order valence-electron chi connectivity index (χ2n) is 5.84. The maximum absolute atomic E-state index is 13.1. The van der Waals surface area contributed by atoms with Crippen molar-refractivity contribution >= 4 is 17.2 Å². The molecule has 0 aliphatic rings. The monoisotopic (exact) mass is 351 g/mol. The topological polar surface area (TPSA) is 64.0 Å². The van der Waals surface area contributed by atoms with E-state index in [1.165, 1.54) is 36.0 Å². The van der Waals surface area contributed by atoms with Gasteiger partial charge in [-0.2, -0.15) is 9.78 Å². The first-order valence-corrected chi connectivity index (χ1v) is 8.24. The van der Waals surface area contributed by atoms with Gasteiger partial charge in [-0.25, -0.2) is 4.39 Å². The van der Waals surface area contributed by atoms with Crippen molar-refractivity contribution in [1.29, 1.82) is 0 Å². The van der Waals surface area contributed by atoms with E-state index in [0.29, 0.717) is 29.0 Å². The van der Waals surface area contributed by atoms with Gasteiger partial charge in [-0.1, -0.05) is 6.92 Å². The molecule has 0 aliphatic heterocycles. The summed E-state index contributed by atoms with van der Waals surface area (Å²) >= 11 is 0. The van der Waals surface area contributed by atoms with Crippen molar-refractivity contribution in [2.24, 2.45) is 0 Å². The predicted octanol–water partition coefficient (Wildman–Crippen LogP) is 3.88. The van der Waals surface area contributed by atoms with Gasteiger partial charge in [0.1, 0.15) is 5.82 Å². The fraction of sp³-hybridized carbons (Fsp3) is 0.150. The van der Waals surface area contributed by atoms with Gasteiger partial charge in [-0.05, 0) is 61.4 Å². The number of carbonyl (C=O) groups excluding carboxylic acids is 1. The van der Waals surface area contributed by atoms with Crippen LogP contribution in [0.3, 0.4) is 0 Å². The first kappa shape index (κ1) is 17.5. The number of aromatic nitrogens is 2. The fourth-order valence-corrected chi connectivity index (χ4v) is 2.74. The van der Waals surface area contributed by atoms with E-state index in [1.807, 2.05) is 13.0 Å². The van der Waals surface area contributed by atoms with Gasteiger partial charge in [0.15, 0.2) is 5.78 Å².